The van der Waals surface area contributed by atoms with Crippen molar-refractivity contribution in [3.63, 3.8) is 0 Å². The summed E-state index contributed by atoms with van der Waals surface area (Å²) in [7, 11) is 17.6. The minimum Gasteiger partial charge on any atom is -0.497 e. The van der Waals surface area contributed by atoms with Gasteiger partial charge in [0, 0.05) is 222 Å². The molecule has 0 spiro atoms. The molecule has 2 aliphatic heterocycles. The van der Waals surface area contributed by atoms with Crippen LogP contribution in [-0.4, -0.2) is 217 Å². The number of aryl methyl sites for hydroxylation is 4. The molecule has 7 aromatic heterocycles. The molecule has 9 heterocycles. The van der Waals surface area contributed by atoms with Gasteiger partial charge in [0.1, 0.15) is 34.5 Å². The van der Waals surface area contributed by atoms with Crippen LogP contribution in [0.5, 0.6) is 34.5 Å². The van der Waals surface area contributed by atoms with Crippen LogP contribution in [-0.2, 0) is 39.5 Å². The number of carbonyl (C=O) groups is 1. The van der Waals surface area contributed by atoms with E-state index < -0.39 is 0 Å². The second-order valence-electron chi connectivity index (χ2n) is 28.5. The monoisotopic (exact) mass is 1530 g/mol. The normalized spacial score (nSPS) is 13.5. The van der Waals surface area contributed by atoms with Crippen LogP contribution in [0.25, 0.3) is 66.9 Å². The Hall–Kier alpha value is -12.3. The van der Waals surface area contributed by atoms with Crippen LogP contribution in [0.3, 0.4) is 0 Å². The summed E-state index contributed by atoms with van der Waals surface area (Å²) in [6, 6.07) is 36.4. The minimum atomic E-state index is 0.0858. The standard InChI is InChI=1S/C31H40N8O3.C28H35N7O2.C25H25N7O2/c1-22(2)34-31(40)21-38-10-8-37(9-11-38)12-13-39(25-14-26(41-4)17-27(15-25)42-5)24-6-7-28-29(16-24)35-30(19-32-28)23-18-33-36(3)20-23;1-33-19-21(17-31-33)28-18-30-26-5-4-22(14-27(26)32-28)35(11-10-34-8-6-20(16-29)7-9-34)23-12-24(36-2)15-25(13-23)37-3;1-30-14-17(11-27-30)15-32(20-7-21(33-3)10-22(8-20)34-4)19-5-6-23-24(9-19)29-25(13-26-23)18-12-28-31(2)16-18/h6-7,14-20,22H,8-13,21H2,1-5H3,(H,34,40);4-5,12-15,17-20H,6-11,16,29H2,1-3H3;5-14,16H,15H2,1-4H3. The number of piperazine rings is 1. The average molecular weight is 1530 g/mol. The summed E-state index contributed by atoms with van der Waals surface area (Å²) in [5, 5.41) is 20.1. The fourth-order valence-electron chi connectivity index (χ4n) is 14.0. The number of nitrogens with two attached hydrogens (primary N) is 1. The molecule has 2 saturated heterocycles. The Balaban J connectivity index is 0.000000149. The molecule has 0 bridgehead atoms. The molecule has 0 aliphatic carbocycles. The van der Waals surface area contributed by atoms with E-state index in [1.165, 1.54) is 0 Å². The summed E-state index contributed by atoms with van der Waals surface area (Å²) in [6.07, 6.45) is 22.8. The smallest absolute Gasteiger partial charge is 0.234 e. The molecule has 0 radical (unpaired) electrons. The number of piperidine rings is 1. The van der Waals surface area contributed by atoms with Gasteiger partial charge in [-0.25, -0.2) is 15.0 Å². The van der Waals surface area contributed by atoms with Gasteiger partial charge in [-0.05, 0) is 107 Å². The van der Waals surface area contributed by atoms with Gasteiger partial charge in [-0.3, -0.25) is 48.3 Å². The fraction of sp³-hybridized carbons (Fsp3) is 0.345. The number of ether oxygens (including phenoxy) is 6. The van der Waals surface area contributed by atoms with Crippen molar-refractivity contribution < 1.29 is 33.2 Å². The molecular weight excluding hydrogens is 1430 g/mol. The van der Waals surface area contributed by atoms with Gasteiger partial charge in [-0.1, -0.05) is 0 Å². The second-order valence-corrected chi connectivity index (χ2v) is 28.5. The predicted molar refractivity (Wildman–Crippen MR) is 441 cm³/mol. The fourth-order valence-corrected chi connectivity index (χ4v) is 14.0. The molecule has 113 heavy (non-hydrogen) atoms. The maximum atomic E-state index is 12.2. The molecule has 0 unspecified atom stereocenters. The van der Waals surface area contributed by atoms with E-state index in [-0.39, 0.29) is 11.9 Å². The van der Waals surface area contributed by atoms with Crippen LogP contribution < -0.4 is 54.2 Å². The number of hydrogen-bond donors (Lipinski definition) is 2. The first-order valence-corrected chi connectivity index (χ1v) is 37.8. The summed E-state index contributed by atoms with van der Waals surface area (Å²) in [5.74, 6) is 5.11. The van der Waals surface area contributed by atoms with Gasteiger partial charge >= 0.3 is 0 Å². The lowest BCUT2D eigenvalue weighted by atomic mass is 9.97. The molecule has 6 aromatic carbocycles. The molecule has 2 fully saturated rings. The molecule has 29 nitrogen and oxygen atoms in total. The average Bonchev–Trinajstić information content (AvgIpc) is 1.65. The van der Waals surface area contributed by atoms with Crippen molar-refractivity contribution in [2.24, 2.45) is 39.8 Å². The van der Waals surface area contributed by atoms with Gasteiger partial charge in [0.05, 0.1) is 149 Å². The number of hydrogen-bond acceptors (Lipinski definition) is 24. The molecule has 15 rings (SSSR count). The molecular formula is C84H100N22O7. The van der Waals surface area contributed by atoms with Crippen LogP contribution in [0, 0.1) is 5.92 Å². The molecule has 13 aromatic rings. The van der Waals surface area contributed by atoms with E-state index in [2.05, 4.69) is 94.3 Å². The number of amides is 1. The molecule has 588 valence electrons. The lowest BCUT2D eigenvalue weighted by molar-refractivity contribution is -0.123. The Morgan fingerprint density at radius 2 is 0.770 bits per heavy atom. The topological polar surface area (TPSA) is 279 Å². The zero-order valence-electron chi connectivity index (χ0n) is 66.4. The Kier molecular flexibility index (Phi) is 25.6. The van der Waals surface area contributed by atoms with Crippen LogP contribution in [0.4, 0.5) is 34.1 Å². The van der Waals surface area contributed by atoms with Gasteiger partial charge in [-0.2, -0.15) is 20.4 Å². The van der Waals surface area contributed by atoms with E-state index in [0.717, 1.165) is 214 Å². The van der Waals surface area contributed by atoms with Crippen molar-refractivity contribution in [3.05, 3.63) is 183 Å². The van der Waals surface area contributed by atoms with Crippen LogP contribution in [0.2, 0.25) is 0 Å². The van der Waals surface area contributed by atoms with Crippen molar-refractivity contribution in [2.75, 3.05) is 136 Å². The van der Waals surface area contributed by atoms with Gasteiger partial charge in [0.15, 0.2) is 0 Å². The number of nitrogens with one attached hydrogen (secondary N) is 1. The van der Waals surface area contributed by atoms with Crippen molar-refractivity contribution in [1.82, 2.24) is 89.0 Å². The Morgan fingerprint density at radius 1 is 0.425 bits per heavy atom. The lowest BCUT2D eigenvalue weighted by Gasteiger charge is -2.36. The van der Waals surface area contributed by atoms with Crippen molar-refractivity contribution >= 4 is 73.1 Å². The molecule has 0 atom stereocenters. The third-order valence-corrected chi connectivity index (χ3v) is 20.2. The van der Waals surface area contributed by atoms with E-state index in [1.54, 1.807) is 92.4 Å². The third-order valence-electron chi connectivity index (χ3n) is 20.2. The number of methoxy groups -OCH3 is 6. The predicted octanol–water partition coefficient (Wildman–Crippen LogP) is 11.3. The minimum absolute atomic E-state index is 0.0858. The Labute approximate surface area is 658 Å². The number of benzene rings is 6. The van der Waals surface area contributed by atoms with E-state index in [0.29, 0.717) is 30.5 Å². The second kappa shape index (κ2) is 36.7. The highest BCUT2D eigenvalue weighted by Crippen LogP contribution is 2.39. The number of aromatic nitrogens is 14. The highest BCUT2D eigenvalue weighted by atomic mass is 16.5. The zero-order valence-corrected chi connectivity index (χ0v) is 66.4. The number of anilines is 6. The lowest BCUT2D eigenvalue weighted by Crippen LogP contribution is -2.51. The van der Waals surface area contributed by atoms with Gasteiger partial charge < -0.3 is 59.1 Å². The molecule has 29 heteroatoms. The van der Waals surface area contributed by atoms with Crippen molar-refractivity contribution in [2.45, 2.75) is 39.3 Å². The molecule has 3 N–H and O–H groups in total. The Morgan fingerprint density at radius 3 is 1.11 bits per heavy atom. The number of fused-ring (bicyclic) bond motifs is 3. The number of likely N-dealkylation sites (tertiary alicyclic amines) is 1. The van der Waals surface area contributed by atoms with Gasteiger partial charge in [0.25, 0.3) is 0 Å². The van der Waals surface area contributed by atoms with Crippen LogP contribution >= 0.6 is 0 Å². The zero-order chi connectivity index (χ0) is 79.1. The first kappa shape index (κ1) is 78.8. The number of nitrogens with zero attached hydrogens (tertiary/aromatic N) is 20. The third kappa shape index (κ3) is 20.1. The van der Waals surface area contributed by atoms with E-state index >= 15 is 0 Å². The summed E-state index contributed by atoms with van der Waals surface area (Å²) in [5.41, 5.74) is 23.0. The maximum Gasteiger partial charge on any atom is 0.234 e. The van der Waals surface area contributed by atoms with E-state index in [4.69, 9.17) is 49.1 Å². The number of carbonyl (C=O) groups excluding carboxylic acids is 1. The van der Waals surface area contributed by atoms with Gasteiger partial charge in [-0.15, -0.1) is 0 Å². The SMILES string of the molecule is COc1cc(OC)cc(N(CCN2CCC(CN)CC2)c2ccc3ncc(-c4cnn(C)c4)nc3c2)c1.COc1cc(OC)cc(N(CCN2CCN(CC(=O)NC(C)C)CC2)c2ccc3ncc(-c4cnn(C)c4)nc3c2)c1.COc1cc(OC)cc(N(Cc2cnn(C)c2)c2ccc3ncc(-c4cnn(C)c4)nc3c2)c1. The highest BCUT2D eigenvalue weighted by Gasteiger charge is 2.25. The van der Waals surface area contributed by atoms with E-state index in [1.807, 2.05) is 164 Å². The van der Waals surface area contributed by atoms with Crippen molar-refractivity contribution in [1.29, 1.82) is 0 Å². The quantitative estimate of drug-likeness (QED) is 0.0484. The van der Waals surface area contributed by atoms with Crippen molar-refractivity contribution in [3.8, 4) is 68.3 Å². The first-order valence-electron chi connectivity index (χ1n) is 37.8. The van der Waals surface area contributed by atoms with E-state index in [9.17, 15) is 4.79 Å². The number of rotatable bonds is 27. The van der Waals surface area contributed by atoms with Gasteiger partial charge in [0.2, 0.25) is 5.91 Å². The summed E-state index contributed by atoms with van der Waals surface area (Å²) in [4.78, 5) is 54.8. The summed E-state index contributed by atoms with van der Waals surface area (Å²) < 4.78 is 40.5. The van der Waals surface area contributed by atoms with Crippen LogP contribution in [0.1, 0.15) is 32.3 Å². The molecule has 2 aliphatic rings. The summed E-state index contributed by atoms with van der Waals surface area (Å²) >= 11 is 0. The first-order chi connectivity index (χ1) is 54.9. The summed E-state index contributed by atoms with van der Waals surface area (Å²) in [6.45, 7) is 14.8. The largest absolute Gasteiger partial charge is 0.497 e. The molecule has 1 amide bonds. The van der Waals surface area contributed by atoms with Crippen LogP contribution in [0.15, 0.2) is 177 Å². The highest BCUT2D eigenvalue weighted by molar-refractivity contribution is 5.86. The molecule has 0 saturated carbocycles. The maximum absolute atomic E-state index is 12.2. The Bertz CT molecular complexity index is 5290.